The lowest BCUT2D eigenvalue weighted by atomic mass is 10.2. The number of carbonyl (C=O) groups excluding carboxylic acids is 1. The van der Waals surface area contributed by atoms with E-state index in [1.165, 1.54) is 12.4 Å². The lowest BCUT2D eigenvalue weighted by molar-refractivity contribution is -0.130. The molecule has 3 rings (SSSR count). The maximum Gasteiger partial charge on any atom is 0.236 e. The molecule has 10 nitrogen and oxygen atoms in total. The van der Waals surface area contributed by atoms with Crippen molar-refractivity contribution in [3.8, 4) is 0 Å². The van der Waals surface area contributed by atoms with Gasteiger partial charge in [0.15, 0.2) is 11.0 Å². The van der Waals surface area contributed by atoms with Gasteiger partial charge in [0.1, 0.15) is 0 Å². The fourth-order valence-electron chi connectivity index (χ4n) is 2.61. The van der Waals surface area contributed by atoms with Crippen LogP contribution in [0.1, 0.15) is 5.56 Å². The number of sulfonamides is 1. The molecule has 2 aromatic rings. The average Bonchev–Trinajstić information content (AvgIpc) is 2.63. The standard InChI is InChI=1S/C15H18ClN7O3S/c1-27(25,26)21-15-17-9-11(10-18-15)8-14(24)23-6-4-22(5-7-23)13-3-2-12(16)19-20-13/h2-3,9-10H,4-8H2,1H3,(H,17,18,21). The van der Waals surface area contributed by atoms with Gasteiger partial charge in [-0.15, -0.1) is 10.2 Å². The van der Waals surface area contributed by atoms with Crippen LogP contribution in [-0.2, 0) is 21.2 Å². The minimum Gasteiger partial charge on any atom is -0.352 e. The highest BCUT2D eigenvalue weighted by atomic mass is 35.5. The molecule has 3 heterocycles. The first-order valence-corrected chi connectivity index (χ1v) is 10.4. The molecular weight excluding hydrogens is 394 g/mol. The molecule has 0 spiro atoms. The van der Waals surface area contributed by atoms with Crippen molar-refractivity contribution >= 4 is 39.3 Å². The maximum absolute atomic E-state index is 12.5. The van der Waals surface area contributed by atoms with Crippen LogP contribution in [-0.4, -0.2) is 71.8 Å². The lowest BCUT2D eigenvalue weighted by Crippen LogP contribution is -2.49. The van der Waals surface area contributed by atoms with Gasteiger partial charge in [-0.3, -0.25) is 9.52 Å². The van der Waals surface area contributed by atoms with E-state index in [0.29, 0.717) is 36.9 Å². The molecule has 0 saturated carbocycles. The molecular formula is C15H18ClN7O3S. The molecule has 0 radical (unpaired) electrons. The topological polar surface area (TPSA) is 121 Å². The van der Waals surface area contributed by atoms with Crippen LogP contribution in [0.2, 0.25) is 5.15 Å². The molecule has 1 aliphatic heterocycles. The van der Waals surface area contributed by atoms with Crippen LogP contribution in [0.25, 0.3) is 0 Å². The number of hydrogen-bond donors (Lipinski definition) is 1. The number of anilines is 2. The Labute approximate surface area is 161 Å². The van der Waals surface area contributed by atoms with E-state index >= 15 is 0 Å². The summed E-state index contributed by atoms with van der Waals surface area (Å²) in [6.07, 6.45) is 4.05. The first-order chi connectivity index (χ1) is 12.8. The zero-order valence-corrected chi connectivity index (χ0v) is 16.1. The van der Waals surface area contributed by atoms with Gasteiger partial charge in [-0.05, 0) is 17.7 Å². The molecule has 144 valence electrons. The third-order valence-electron chi connectivity index (χ3n) is 3.91. The molecule has 0 unspecified atom stereocenters. The van der Waals surface area contributed by atoms with E-state index in [-0.39, 0.29) is 18.3 Å². The Hall–Kier alpha value is -2.53. The number of rotatable bonds is 5. The monoisotopic (exact) mass is 411 g/mol. The Balaban J connectivity index is 1.53. The minimum absolute atomic E-state index is 0.0219. The van der Waals surface area contributed by atoms with Gasteiger partial charge < -0.3 is 9.80 Å². The Morgan fingerprint density at radius 2 is 1.81 bits per heavy atom. The van der Waals surface area contributed by atoms with Gasteiger partial charge in [-0.2, -0.15) is 0 Å². The average molecular weight is 412 g/mol. The minimum atomic E-state index is -3.43. The van der Waals surface area contributed by atoms with Crippen LogP contribution in [0.5, 0.6) is 0 Å². The van der Waals surface area contributed by atoms with Gasteiger partial charge >= 0.3 is 0 Å². The summed E-state index contributed by atoms with van der Waals surface area (Å²) in [5.74, 6) is 0.671. The molecule has 27 heavy (non-hydrogen) atoms. The fraction of sp³-hybridized carbons (Fsp3) is 0.400. The first kappa shape index (κ1) is 19.2. The predicted molar refractivity (Wildman–Crippen MR) is 100 cm³/mol. The quantitative estimate of drug-likeness (QED) is 0.739. The van der Waals surface area contributed by atoms with Crippen molar-refractivity contribution in [3.05, 3.63) is 35.2 Å². The van der Waals surface area contributed by atoms with Crippen LogP contribution in [0.3, 0.4) is 0 Å². The van der Waals surface area contributed by atoms with E-state index in [2.05, 4.69) is 24.9 Å². The smallest absolute Gasteiger partial charge is 0.236 e. The maximum atomic E-state index is 12.5. The summed E-state index contributed by atoms with van der Waals surface area (Å²) < 4.78 is 24.5. The van der Waals surface area contributed by atoms with Crippen molar-refractivity contribution in [1.29, 1.82) is 0 Å². The highest BCUT2D eigenvalue weighted by Gasteiger charge is 2.22. The Bertz CT molecular complexity index is 898. The summed E-state index contributed by atoms with van der Waals surface area (Å²) in [7, 11) is -3.43. The van der Waals surface area contributed by atoms with Gasteiger partial charge in [-0.25, -0.2) is 18.4 Å². The van der Waals surface area contributed by atoms with E-state index in [1.807, 2.05) is 4.90 Å². The van der Waals surface area contributed by atoms with Gasteiger partial charge in [0, 0.05) is 38.6 Å². The third kappa shape index (κ3) is 5.47. The van der Waals surface area contributed by atoms with Crippen molar-refractivity contribution in [2.75, 3.05) is 42.1 Å². The second-order valence-corrected chi connectivity index (χ2v) is 8.18. The van der Waals surface area contributed by atoms with Crippen molar-refractivity contribution in [1.82, 2.24) is 25.1 Å². The van der Waals surface area contributed by atoms with Crippen LogP contribution in [0.4, 0.5) is 11.8 Å². The van der Waals surface area contributed by atoms with Gasteiger partial charge in [0.2, 0.25) is 21.9 Å². The van der Waals surface area contributed by atoms with Crippen LogP contribution in [0, 0.1) is 0 Å². The second-order valence-electron chi connectivity index (χ2n) is 6.05. The summed E-state index contributed by atoms with van der Waals surface area (Å²) in [5, 5.41) is 8.22. The summed E-state index contributed by atoms with van der Waals surface area (Å²) in [6, 6.07) is 3.49. The zero-order valence-electron chi connectivity index (χ0n) is 14.5. The van der Waals surface area contributed by atoms with E-state index in [9.17, 15) is 13.2 Å². The number of aromatic nitrogens is 4. The normalized spacial score (nSPS) is 14.9. The molecule has 12 heteroatoms. The Morgan fingerprint density at radius 3 is 2.37 bits per heavy atom. The first-order valence-electron chi connectivity index (χ1n) is 8.11. The number of carbonyl (C=O) groups is 1. The summed E-state index contributed by atoms with van der Waals surface area (Å²) in [4.78, 5) is 24.1. The highest BCUT2D eigenvalue weighted by Crippen LogP contribution is 2.15. The lowest BCUT2D eigenvalue weighted by Gasteiger charge is -2.35. The highest BCUT2D eigenvalue weighted by molar-refractivity contribution is 7.91. The second kappa shape index (κ2) is 8.01. The molecule has 1 amide bonds. The van der Waals surface area contributed by atoms with E-state index in [4.69, 9.17) is 11.6 Å². The van der Waals surface area contributed by atoms with Gasteiger partial charge in [0.05, 0.1) is 12.7 Å². The zero-order chi connectivity index (χ0) is 19.4. The number of halogens is 1. The van der Waals surface area contributed by atoms with Crippen LogP contribution in [0.15, 0.2) is 24.5 Å². The van der Waals surface area contributed by atoms with E-state index in [1.54, 1.807) is 17.0 Å². The summed E-state index contributed by atoms with van der Waals surface area (Å²) in [5.41, 5.74) is 0.616. The predicted octanol–water partition coefficient (Wildman–Crippen LogP) is 0.183. The summed E-state index contributed by atoms with van der Waals surface area (Å²) in [6.45, 7) is 2.43. The SMILES string of the molecule is CS(=O)(=O)Nc1ncc(CC(=O)N2CCN(c3ccc(Cl)nn3)CC2)cn1. The number of nitrogens with one attached hydrogen (secondary N) is 1. The number of piperazine rings is 1. The van der Waals surface area contributed by atoms with Gasteiger partial charge in [0.25, 0.3) is 0 Å². The number of hydrogen-bond acceptors (Lipinski definition) is 8. The summed E-state index contributed by atoms with van der Waals surface area (Å²) >= 11 is 5.74. The third-order valence-corrected chi connectivity index (χ3v) is 4.67. The molecule has 1 N–H and O–H groups in total. The fourth-order valence-corrected chi connectivity index (χ4v) is 3.15. The van der Waals surface area contributed by atoms with E-state index < -0.39 is 10.0 Å². The molecule has 0 aromatic carbocycles. The Kier molecular flexibility index (Phi) is 5.71. The van der Waals surface area contributed by atoms with Crippen LogP contribution < -0.4 is 9.62 Å². The van der Waals surface area contributed by atoms with Crippen molar-refractivity contribution < 1.29 is 13.2 Å². The Morgan fingerprint density at radius 1 is 1.15 bits per heavy atom. The molecule has 2 aromatic heterocycles. The van der Waals surface area contributed by atoms with Crippen molar-refractivity contribution in [2.45, 2.75) is 6.42 Å². The van der Waals surface area contributed by atoms with Gasteiger partial charge in [-0.1, -0.05) is 11.6 Å². The molecule has 0 bridgehead atoms. The largest absolute Gasteiger partial charge is 0.352 e. The van der Waals surface area contributed by atoms with Crippen LogP contribution >= 0.6 is 11.6 Å². The van der Waals surface area contributed by atoms with Crippen molar-refractivity contribution in [3.63, 3.8) is 0 Å². The molecule has 1 aliphatic rings. The molecule has 0 aliphatic carbocycles. The van der Waals surface area contributed by atoms with E-state index in [0.717, 1.165) is 12.1 Å². The number of nitrogens with zero attached hydrogens (tertiary/aromatic N) is 6. The molecule has 1 fully saturated rings. The number of amides is 1. The molecule has 0 atom stereocenters. The van der Waals surface area contributed by atoms with Crippen molar-refractivity contribution in [2.24, 2.45) is 0 Å². The molecule has 1 saturated heterocycles.